The van der Waals surface area contributed by atoms with Gasteiger partial charge in [0.05, 0.1) is 6.10 Å². The van der Waals surface area contributed by atoms with Gasteiger partial charge in [-0.25, -0.2) is 0 Å². The average Bonchev–Trinajstić information content (AvgIpc) is 2.57. The second-order valence-electron chi connectivity index (χ2n) is 6.06. The summed E-state index contributed by atoms with van der Waals surface area (Å²) in [4.78, 5) is 0. The molecule has 0 aromatic heterocycles. The van der Waals surface area contributed by atoms with Gasteiger partial charge in [-0.05, 0) is 43.4 Å². The first-order valence-electron chi connectivity index (χ1n) is 7.33. The Balaban J connectivity index is 2.19. The van der Waals surface area contributed by atoms with Gasteiger partial charge in [0.25, 0.3) is 0 Å². The van der Waals surface area contributed by atoms with E-state index in [2.05, 4.69) is 20.8 Å². The number of aliphatic hydroxyl groups is 1. The third-order valence-corrected chi connectivity index (χ3v) is 4.16. The summed E-state index contributed by atoms with van der Waals surface area (Å²) in [5.74, 6) is 2.04. The van der Waals surface area contributed by atoms with Crippen molar-refractivity contribution in [1.82, 2.24) is 0 Å². The molecule has 3 atom stereocenters. The van der Waals surface area contributed by atoms with Gasteiger partial charge in [0, 0.05) is 0 Å². The number of aliphatic hydroxyl groups excluding tert-OH is 1. The molecule has 1 aliphatic carbocycles. The van der Waals surface area contributed by atoms with Crippen molar-refractivity contribution in [2.24, 2.45) is 17.8 Å². The standard InChI is InChI=1S/C15H30O/c1-4-5-8-13-10-11-14(15(13)16)9-6-7-12(2)3/h12-16H,4-11H2,1-3H3. The normalized spacial score (nSPS) is 30.2. The summed E-state index contributed by atoms with van der Waals surface area (Å²) in [6.07, 6.45) is 10.2. The van der Waals surface area contributed by atoms with Crippen molar-refractivity contribution in [3.05, 3.63) is 0 Å². The molecule has 0 amide bonds. The minimum Gasteiger partial charge on any atom is -0.393 e. The quantitative estimate of drug-likeness (QED) is 0.682. The number of rotatable bonds is 7. The molecule has 0 heterocycles. The molecule has 3 unspecified atom stereocenters. The Labute approximate surface area is 102 Å². The van der Waals surface area contributed by atoms with Gasteiger partial charge in [-0.2, -0.15) is 0 Å². The van der Waals surface area contributed by atoms with Crippen molar-refractivity contribution in [2.75, 3.05) is 0 Å². The van der Waals surface area contributed by atoms with Gasteiger partial charge < -0.3 is 5.11 Å². The molecule has 1 nitrogen and oxygen atoms in total. The highest BCUT2D eigenvalue weighted by atomic mass is 16.3. The van der Waals surface area contributed by atoms with Crippen LogP contribution < -0.4 is 0 Å². The van der Waals surface area contributed by atoms with E-state index in [1.165, 1.54) is 51.4 Å². The van der Waals surface area contributed by atoms with Gasteiger partial charge in [0.15, 0.2) is 0 Å². The van der Waals surface area contributed by atoms with Crippen LogP contribution in [0.3, 0.4) is 0 Å². The Hall–Kier alpha value is -0.0400. The summed E-state index contributed by atoms with van der Waals surface area (Å²) >= 11 is 0. The molecule has 1 fully saturated rings. The predicted molar refractivity (Wildman–Crippen MR) is 70.4 cm³/mol. The van der Waals surface area contributed by atoms with Crippen LogP contribution in [0.25, 0.3) is 0 Å². The zero-order chi connectivity index (χ0) is 12.0. The molecular formula is C15H30O. The third-order valence-electron chi connectivity index (χ3n) is 4.16. The Morgan fingerprint density at radius 1 is 1.06 bits per heavy atom. The molecular weight excluding hydrogens is 196 g/mol. The smallest absolute Gasteiger partial charge is 0.0596 e. The second-order valence-corrected chi connectivity index (χ2v) is 6.06. The van der Waals surface area contributed by atoms with Crippen LogP contribution in [0, 0.1) is 17.8 Å². The highest BCUT2D eigenvalue weighted by molar-refractivity contribution is 4.84. The molecule has 1 N–H and O–H groups in total. The fourth-order valence-electron chi connectivity index (χ4n) is 3.04. The van der Waals surface area contributed by atoms with Crippen molar-refractivity contribution in [3.63, 3.8) is 0 Å². The third kappa shape index (κ3) is 4.45. The summed E-state index contributed by atoms with van der Waals surface area (Å²) in [5, 5.41) is 10.2. The van der Waals surface area contributed by atoms with E-state index in [0.29, 0.717) is 11.8 Å². The molecule has 16 heavy (non-hydrogen) atoms. The summed E-state index contributed by atoms with van der Waals surface area (Å²) in [5.41, 5.74) is 0. The zero-order valence-electron chi connectivity index (χ0n) is 11.4. The summed E-state index contributed by atoms with van der Waals surface area (Å²) in [7, 11) is 0. The molecule has 0 bridgehead atoms. The van der Waals surface area contributed by atoms with Gasteiger partial charge >= 0.3 is 0 Å². The van der Waals surface area contributed by atoms with Crippen LogP contribution in [-0.4, -0.2) is 11.2 Å². The maximum atomic E-state index is 10.2. The fraction of sp³-hybridized carbons (Fsp3) is 1.00. The largest absolute Gasteiger partial charge is 0.393 e. The SMILES string of the molecule is CCCCC1CCC(CCCC(C)C)C1O. The molecule has 1 heteroatoms. The van der Waals surface area contributed by atoms with Gasteiger partial charge in [-0.1, -0.05) is 46.5 Å². The van der Waals surface area contributed by atoms with Gasteiger partial charge in [0.2, 0.25) is 0 Å². The van der Waals surface area contributed by atoms with Crippen molar-refractivity contribution in [3.8, 4) is 0 Å². The lowest BCUT2D eigenvalue weighted by Crippen LogP contribution is -2.21. The topological polar surface area (TPSA) is 20.2 Å². The lowest BCUT2D eigenvalue weighted by Gasteiger charge is -2.19. The van der Waals surface area contributed by atoms with E-state index >= 15 is 0 Å². The van der Waals surface area contributed by atoms with Gasteiger partial charge in [-0.15, -0.1) is 0 Å². The highest BCUT2D eigenvalue weighted by Crippen LogP contribution is 2.37. The first-order chi connectivity index (χ1) is 7.65. The first kappa shape index (κ1) is 14.0. The van der Waals surface area contributed by atoms with Gasteiger partial charge in [-0.3, -0.25) is 0 Å². The van der Waals surface area contributed by atoms with E-state index in [1.807, 2.05) is 0 Å². The average molecular weight is 226 g/mol. The molecule has 1 aliphatic rings. The lowest BCUT2D eigenvalue weighted by atomic mass is 9.92. The predicted octanol–water partition coefficient (Wildman–Crippen LogP) is 4.39. The Morgan fingerprint density at radius 2 is 1.62 bits per heavy atom. The maximum absolute atomic E-state index is 10.2. The van der Waals surface area contributed by atoms with Crippen LogP contribution in [0.5, 0.6) is 0 Å². The molecule has 0 aromatic rings. The van der Waals surface area contributed by atoms with Crippen LogP contribution in [-0.2, 0) is 0 Å². The fourth-order valence-corrected chi connectivity index (χ4v) is 3.04. The van der Waals surface area contributed by atoms with E-state index in [9.17, 15) is 5.11 Å². The van der Waals surface area contributed by atoms with Crippen LogP contribution >= 0.6 is 0 Å². The summed E-state index contributed by atoms with van der Waals surface area (Å²) < 4.78 is 0. The number of hydrogen-bond donors (Lipinski definition) is 1. The molecule has 96 valence electrons. The summed E-state index contributed by atoms with van der Waals surface area (Å²) in [6.45, 7) is 6.81. The van der Waals surface area contributed by atoms with Crippen molar-refractivity contribution < 1.29 is 5.11 Å². The van der Waals surface area contributed by atoms with Crippen LogP contribution in [0.2, 0.25) is 0 Å². The zero-order valence-corrected chi connectivity index (χ0v) is 11.4. The minimum absolute atomic E-state index is 0.0127. The molecule has 0 aliphatic heterocycles. The molecule has 0 aromatic carbocycles. The Bertz CT molecular complexity index is 176. The van der Waals surface area contributed by atoms with E-state index in [4.69, 9.17) is 0 Å². The van der Waals surface area contributed by atoms with Gasteiger partial charge in [0.1, 0.15) is 0 Å². The van der Waals surface area contributed by atoms with E-state index in [-0.39, 0.29) is 6.10 Å². The van der Waals surface area contributed by atoms with Crippen LogP contribution in [0.4, 0.5) is 0 Å². The monoisotopic (exact) mass is 226 g/mol. The lowest BCUT2D eigenvalue weighted by molar-refractivity contribution is 0.0813. The van der Waals surface area contributed by atoms with E-state index < -0.39 is 0 Å². The highest BCUT2D eigenvalue weighted by Gasteiger charge is 2.33. The number of unbranched alkanes of at least 4 members (excludes halogenated alkanes) is 1. The van der Waals surface area contributed by atoms with Crippen molar-refractivity contribution >= 4 is 0 Å². The van der Waals surface area contributed by atoms with Crippen LogP contribution in [0.15, 0.2) is 0 Å². The van der Waals surface area contributed by atoms with Crippen molar-refractivity contribution in [2.45, 2.75) is 78.2 Å². The first-order valence-corrected chi connectivity index (χ1v) is 7.33. The molecule has 1 saturated carbocycles. The Kier molecular flexibility index (Phi) is 6.41. The van der Waals surface area contributed by atoms with Crippen LogP contribution in [0.1, 0.15) is 72.1 Å². The second kappa shape index (κ2) is 7.32. The van der Waals surface area contributed by atoms with Crippen molar-refractivity contribution in [1.29, 1.82) is 0 Å². The maximum Gasteiger partial charge on any atom is 0.0596 e. The van der Waals surface area contributed by atoms with E-state index in [1.54, 1.807) is 0 Å². The number of hydrogen-bond acceptors (Lipinski definition) is 1. The Morgan fingerprint density at radius 3 is 2.12 bits per heavy atom. The molecule has 0 spiro atoms. The molecule has 1 rings (SSSR count). The summed E-state index contributed by atoms with van der Waals surface area (Å²) in [6, 6.07) is 0. The molecule has 0 radical (unpaired) electrons. The van der Waals surface area contributed by atoms with E-state index in [0.717, 1.165) is 5.92 Å². The molecule has 0 saturated heterocycles. The minimum atomic E-state index is 0.0127.